The van der Waals surface area contributed by atoms with E-state index in [2.05, 4.69) is 15.1 Å². The zero-order valence-electron chi connectivity index (χ0n) is 32.6. The van der Waals surface area contributed by atoms with Gasteiger partial charge in [-0.1, -0.05) is 0 Å². The summed E-state index contributed by atoms with van der Waals surface area (Å²) in [4.78, 5) is 2.18. The maximum Gasteiger partial charge on any atom is 0.243 e. The Morgan fingerprint density at radius 3 is 1.30 bits per heavy atom. The average Bonchev–Trinajstić information content (AvgIpc) is 3.20. The van der Waals surface area contributed by atoms with Gasteiger partial charge in [-0.3, -0.25) is 0 Å². The second-order valence-electron chi connectivity index (χ2n) is 11.8. The number of benzene rings is 2. The molecule has 0 atom stereocenters. The summed E-state index contributed by atoms with van der Waals surface area (Å²) in [7, 11) is -3.89. The average molecular weight is 819 g/mol. The van der Waals surface area contributed by atoms with Gasteiger partial charge in [-0.15, -0.1) is 0 Å². The van der Waals surface area contributed by atoms with Crippen molar-refractivity contribution in [2.45, 2.75) is 11.8 Å². The number of anilines is 1. The van der Waals surface area contributed by atoms with Gasteiger partial charge in [0.1, 0.15) is 0 Å². The molecule has 0 bridgehead atoms. The van der Waals surface area contributed by atoms with E-state index in [0.717, 1.165) is 15.6 Å². The Morgan fingerprint density at radius 2 is 0.911 bits per heavy atom. The number of aliphatic hydroxyl groups excluding tert-OH is 4. The molecule has 4 N–H and O–H groups in total. The first kappa shape index (κ1) is 49.4. The highest BCUT2D eigenvalue weighted by molar-refractivity contribution is 7.89. The first-order chi connectivity index (χ1) is 27.4. The normalized spacial score (nSPS) is 12.0. The highest BCUT2D eigenvalue weighted by Crippen LogP contribution is 2.27. The van der Waals surface area contributed by atoms with Crippen LogP contribution in [-0.4, -0.2) is 191 Å². The van der Waals surface area contributed by atoms with Gasteiger partial charge in [0.05, 0.1) is 148 Å². The predicted octanol–water partition coefficient (Wildman–Crippen LogP) is 1.31. The molecule has 320 valence electrons. The number of sulfonamides is 1. The molecule has 0 spiro atoms. The van der Waals surface area contributed by atoms with Crippen LogP contribution in [0.1, 0.15) is 5.56 Å². The Kier molecular flexibility index (Phi) is 28.5. The lowest BCUT2D eigenvalue weighted by Gasteiger charge is -2.25. The van der Waals surface area contributed by atoms with Crippen molar-refractivity contribution in [2.75, 3.05) is 163 Å². The van der Waals surface area contributed by atoms with Gasteiger partial charge in [0, 0.05) is 31.9 Å². The summed E-state index contributed by atoms with van der Waals surface area (Å²) in [5.41, 5.74) is 2.94. The predicted molar refractivity (Wildman–Crippen MR) is 208 cm³/mol. The number of rotatable bonds is 37. The molecule has 0 amide bonds. The van der Waals surface area contributed by atoms with Crippen LogP contribution < -0.4 is 4.90 Å². The molecular weight excluding hydrogens is 756 g/mol. The van der Waals surface area contributed by atoms with Crippen LogP contribution in [0.3, 0.4) is 0 Å². The third-order valence-corrected chi connectivity index (χ3v) is 9.62. The SMILES string of the molecule is Cc1cc(N(CCOCCOCCOCCOCCO)CCOCCOCCOCCOCCO)ccc1N=Nc1ccc(S(=O)(=O)N(CCO)CCO)cc1. The minimum absolute atomic E-state index is 0.00982. The minimum Gasteiger partial charge on any atom is -0.395 e. The number of nitrogens with zero attached hydrogens (tertiary/aromatic N) is 4. The summed E-state index contributed by atoms with van der Waals surface area (Å²) in [6, 6.07) is 11.8. The van der Waals surface area contributed by atoms with Crippen LogP contribution in [0.4, 0.5) is 17.1 Å². The van der Waals surface area contributed by atoms with E-state index in [0.29, 0.717) is 130 Å². The Bertz CT molecular complexity index is 1360. The van der Waals surface area contributed by atoms with Crippen molar-refractivity contribution in [2.24, 2.45) is 10.2 Å². The van der Waals surface area contributed by atoms with Crippen LogP contribution in [0.2, 0.25) is 0 Å². The Morgan fingerprint density at radius 1 is 0.500 bits per heavy atom. The van der Waals surface area contributed by atoms with Crippen molar-refractivity contribution in [3.63, 3.8) is 0 Å². The van der Waals surface area contributed by atoms with Crippen LogP contribution >= 0.6 is 0 Å². The zero-order chi connectivity index (χ0) is 40.5. The number of hydrogen-bond donors (Lipinski definition) is 4. The van der Waals surface area contributed by atoms with Gasteiger partial charge in [0.15, 0.2) is 0 Å². The molecule has 0 aromatic heterocycles. The lowest BCUT2D eigenvalue weighted by atomic mass is 10.1. The molecule has 0 aliphatic rings. The number of azo groups is 1. The monoisotopic (exact) mass is 818 g/mol. The zero-order valence-corrected chi connectivity index (χ0v) is 33.4. The maximum atomic E-state index is 12.9. The minimum atomic E-state index is -3.89. The lowest BCUT2D eigenvalue weighted by molar-refractivity contribution is -0.00591. The summed E-state index contributed by atoms with van der Waals surface area (Å²) in [5, 5.41) is 44.6. The summed E-state index contributed by atoms with van der Waals surface area (Å²) < 4.78 is 70.8. The summed E-state index contributed by atoms with van der Waals surface area (Å²) in [6.45, 7) is 8.87. The number of aryl methyl sites for hydroxylation is 1. The fourth-order valence-corrected chi connectivity index (χ4v) is 6.26. The maximum absolute atomic E-state index is 12.9. The second kappa shape index (κ2) is 32.3. The van der Waals surface area contributed by atoms with E-state index in [4.69, 9.17) is 48.1 Å². The van der Waals surface area contributed by atoms with Gasteiger partial charge in [0.25, 0.3) is 0 Å². The van der Waals surface area contributed by atoms with Gasteiger partial charge in [-0.05, 0) is 55.0 Å². The molecule has 0 saturated carbocycles. The molecule has 2 rings (SSSR count). The molecule has 0 saturated heterocycles. The molecule has 0 heterocycles. The van der Waals surface area contributed by atoms with E-state index >= 15 is 0 Å². The van der Waals surface area contributed by atoms with E-state index in [1.807, 2.05) is 25.1 Å². The topological polar surface area (TPSA) is 220 Å². The molecule has 2 aromatic rings. The molecule has 0 fully saturated rings. The molecule has 0 aliphatic heterocycles. The van der Waals surface area contributed by atoms with Crippen LogP contribution in [0.5, 0.6) is 0 Å². The highest BCUT2D eigenvalue weighted by atomic mass is 32.2. The largest absolute Gasteiger partial charge is 0.395 e. The molecule has 2 aromatic carbocycles. The quantitative estimate of drug-likeness (QED) is 0.0558. The van der Waals surface area contributed by atoms with Crippen LogP contribution in [0.15, 0.2) is 57.6 Å². The number of ether oxygens (including phenoxy) is 8. The van der Waals surface area contributed by atoms with Gasteiger partial charge >= 0.3 is 0 Å². The summed E-state index contributed by atoms with van der Waals surface area (Å²) in [5.74, 6) is 0. The van der Waals surface area contributed by atoms with Gasteiger partial charge < -0.3 is 63.2 Å². The van der Waals surface area contributed by atoms with Gasteiger partial charge in [-0.2, -0.15) is 14.5 Å². The van der Waals surface area contributed by atoms with Crippen molar-refractivity contribution in [3.05, 3.63) is 48.0 Å². The Labute approximate surface area is 330 Å². The first-order valence-electron chi connectivity index (χ1n) is 18.8. The Hall–Kier alpha value is -2.73. The van der Waals surface area contributed by atoms with E-state index in [-0.39, 0.29) is 44.4 Å². The number of aliphatic hydroxyl groups is 4. The standard InChI is InChI=1S/C37H62N4O14S/c1-33-32-35(4-7-37(33)39-38-34-2-5-36(6-3-34)56(46,47)41(8-12-42)9-13-43)40(10-16-48-20-24-52-28-30-54-26-22-50-18-14-44)11-17-49-21-25-53-29-31-55-27-23-51-19-15-45/h2-7,32,42-45H,8-31H2,1H3. The lowest BCUT2D eigenvalue weighted by Crippen LogP contribution is -2.35. The summed E-state index contributed by atoms with van der Waals surface area (Å²) in [6.07, 6.45) is 0. The van der Waals surface area contributed by atoms with Gasteiger partial charge in [-0.25, -0.2) is 8.42 Å². The number of hydrogen-bond acceptors (Lipinski definition) is 17. The summed E-state index contributed by atoms with van der Waals surface area (Å²) >= 11 is 0. The van der Waals surface area contributed by atoms with Crippen molar-refractivity contribution in [1.82, 2.24) is 4.31 Å². The van der Waals surface area contributed by atoms with Crippen molar-refractivity contribution < 1.29 is 66.7 Å². The van der Waals surface area contributed by atoms with E-state index < -0.39 is 10.0 Å². The Balaban J connectivity index is 1.90. The van der Waals surface area contributed by atoms with Gasteiger partial charge in [0.2, 0.25) is 10.0 Å². The third kappa shape index (κ3) is 21.7. The van der Waals surface area contributed by atoms with Crippen molar-refractivity contribution in [3.8, 4) is 0 Å². The fourth-order valence-electron chi connectivity index (χ4n) is 4.84. The fraction of sp³-hybridized carbons (Fsp3) is 0.676. The highest BCUT2D eigenvalue weighted by Gasteiger charge is 2.23. The third-order valence-electron chi connectivity index (χ3n) is 7.71. The molecular formula is C37H62N4O14S. The van der Waals surface area contributed by atoms with Crippen LogP contribution in [0.25, 0.3) is 0 Å². The van der Waals surface area contributed by atoms with Crippen molar-refractivity contribution in [1.29, 1.82) is 0 Å². The molecule has 0 radical (unpaired) electrons. The first-order valence-corrected chi connectivity index (χ1v) is 20.2. The molecule has 0 aliphatic carbocycles. The molecule has 18 nitrogen and oxygen atoms in total. The van der Waals surface area contributed by atoms with Crippen LogP contribution in [0, 0.1) is 6.92 Å². The van der Waals surface area contributed by atoms with E-state index in [9.17, 15) is 18.6 Å². The van der Waals surface area contributed by atoms with E-state index in [1.54, 1.807) is 12.1 Å². The van der Waals surface area contributed by atoms with Crippen molar-refractivity contribution >= 4 is 27.1 Å². The molecule has 19 heteroatoms. The second-order valence-corrected chi connectivity index (χ2v) is 13.8. The molecule has 0 unspecified atom stereocenters. The van der Waals surface area contributed by atoms with E-state index in [1.165, 1.54) is 12.1 Å². The van der Waals surface area contributed by atoms with Crippen LogP contribution in [-0.2, 0) is 47.9 Å². The smallest absolute Gasteiger partial charge is 0.243 e. The molecule has 56 heavy (non-hydrogen) atoms.